The van der Waals surface area contributed by atoms with E-state index in [1.54, 1.807) is 0 Å². The van der Waals surface area contributed by atoms with Crippen LogP contribution < -0.4 is 5.32 Å². The summed E-state index contributed by atoms with van der Waals surface area (Å²) in [5.41, 5.74) is -0.372. The summed E-state index contributed by atoms with van der Waals surface area (Å²) >= 11 is 0. The van der Waals surface area contributed by atoms with Gasteiger partial charge in [-0.2, -0.15) is 0 Å². The molecular formula is C16H33N3O. The van der Waals surface area contributed by atoms with Gasteiger partial charge in [0.2, 0.25) is 5.91 Å². The van der Waals surface area contributed by atoms with Crippen molar-refractivity contribution in [3.05, 3.63) is 0 Å². The second kappa shape index (κ2) is 7.41. The zero-order valence-corrected chi connectivity index (χ0v) is 14.2. The fraction of sp³-hybridized carbons (Fsp3) is 0.938. The Morgan fingerprint density at radius 1 is 1.30 bits per heavy atom. The molecule has 1 amide bonds. The Bertz CT molecular complexity index is 315. The van der Waals surface area contributed by atoms with E-state index in [-0.39, 0.29) is 17.6 Å². The van der Waals surface area contributed by atoms with Crippen molar-refractivity contribution >= 4 is 5.91 Å². The number of carbonyl (C=O) groups is 1. The van der Waals surface area contributed by atoms with Gasteiger partial charge in [0.1, 0.15) is 0 Å². The molecule has 2 atom stereocenters. The van der Waals surface area contributed by atoms with Crippen LogP contribution in [-0.2, 0) is 4.79 Å². The second-order valence-electron chi connectivity index (χ2n) is 6.50. The third kappa shape index (κ3) is 3.95. The summed E-state index contributed by atoms with van der Waals surface area (Å²) in [5.74, 6) is 0.869. The number of carbonyl (C=O) groups excluding carboxylic acids is 1. The van der Waals surface area contributed by atoms with Crippen LogP contribution in [0.3, 0.4) is 0 Å². The van der Waals surface area contributed by atoms with Crippen molar-refractivity contribution in [1.29, 1.82) is 0 Å². The Morgan fingerprint density at radius 2 is 1.90 bits per heavy atom. The fourth-order valence-electron chi connectivity index (χ4n) is 2.90. The van der Waals surface area contributed by atoms with Crippen LogP contribution in [0.5, 0.6) is 0 Å². The Hall–Kier alpha value is -0.610. The Morgan fingerprint density at radius 3 is 2.35 bits per heavy atom. The summed E-state index contributed by atoms with van der Waals surface area (Å²) in [5, 5.41) is 3.57. The normalized spacial score (nSPS) is 27.1. The number of rotatable bonds is 8. The minimum absolute atomic E-state index is 0.197. The molecule has 20 heavy (non-hydrogen) atoms. The van der Waals surface area contributed by atoms with Crippen molar-refractivity contribution in [2.45, 2.75) is 66.1 Å². The predicted octanol–water partition coefficient (Wildman–Crippen LogP) is 2.30. The van der Waals surface area contributed by atoms with Gasteiger partial charge in [0.05, 0.1) is 11.7 Å². The topological polar surface area (TPSA) is 35.6 Å². The molecule has 0 aromatic carbocycles. The quantitative estimate of drug-likeness (QED) is 0.742. The van der Waals surface area contributed by atoms with Crippen molar-refractivity contribution < 1.29 is 4.79 Å². The molecule has 1 aliphatic heterocycles. The first-order chi connectivity index (χ1) is 9.37. The van der Waals surface area contributed by atoms with E-state index in [9.17, 15) is 4.79 Å². The first-order valence-corrected chi connectivity index (χ1v) is 8.19. The molecule has 0 aliphatic carbocycles. The summed E-state index contributed by atoms with van der Waals surface area (Å²) in [6.07, 6.45) is 2.07. The average molecular weight is 283 g/mol. The minimum Gasteiger partial charge on any atom is -0.324 e. The van der Waals surface area contributed by atoms with Crippen molar-refractivity contribution in [2.75, 3.05) is 26.2 Å². The van der Waals surface area contributed by atoms with Gasteiger partial charge < -0.3 is 9.80 Å². The first-order valence-electron chi connectivity index (χ1n) is 8.19. The van der Waals surface area contributed by atoms with Gasteiger partial charge in [-0.3, -0.25) is 10.1 Å². The highest BCUT2D eigenvalue weighted by Gasteiger charge is 2.46. The van der Waals surface area contributed by atoms with E-state index in [2.05, 4.69) is 49.7 Å². The first kappa shape index (κ1) is 17.4. The molecule has 2 unspecified atom stereocenters. The molecule has 4 nitrogen and oxygen atoms in total. The van der Waals surface area contributed by atoms with Crippen LogP contribution in [-0.4, -0.2) is 53.6 Å². The maximum absolute atomic E-state index is 12.7. The summed E-state index contributed by atoms with van der Waals surface area (Å²) in [4.78, 5) is 17.1. The number of amides is 1. The molecule has 0 aromatic rings. The average Bonchev–Trinajstić information content (AvgIpc) is 2.63. The smallest absolute Gasteiger partial charge is 0.243 e. The molecule has 118 valence electrons. The van der Waals surface area contributed by atoms with Crippen molar-refractivity contribution in [2.24, 2.45) is 5.92 Å². The van der Waals surface area contributed by atoms with Crippen LogP contribution in [0.1, 0.15) is 54.4 Å². The van der Waals surface area contributed by atoms with Crippen LogP contribution in [0.4, 0.5) is 0 Å². The zero-order chi connectivity index (χ0) is 15.3. The molecule has 1 fully saturated rings. The van der Waals surface area contributed by atoms with Gasteiger partial charge in [-0.1, -0.05) is 34.6 Å². The van der Waals surface area contributed by atoms with Gasteiger partial charge in [0.15, 0.2) is 0 Å². The van der Waals surface area contributed by atoms with E-state index in [4.69, 9.17) is 0 Å². The van der Waals surface area contributed by atoms with Gasteiger partial charge >= 0.3 is 0 Å². The highest BCUT2D eigenvalue weighted by atomic mass is 16.2. The largest absolute Gasteiger partial charge is 0.324 e. The number of likely N-dealkylation sites (N-methyl/N-ethyl adjacent to an activating group) is 1. The van der Waals surface area contributed by atoms with Crippen LogP contribution >= 0.6 is 0 Å². The minimum atomic E-state index is -0.372. The Balaban J connectivity index is 2.74. The zero-order valence-electron chi connectivity index (χ0n) is 14.2. The molecule has 1 saturated heterocycles. The van der Waals surface area contributed by atoms with E-state index in [1.165, 1.54) is 0 Å². The molecule has 0 spiro atoms. The maximum Gasteiger partial charge on any atom is 0.243 e. The summed E-state index contributed by atoms with van der Waals surface area (Å²) in [6, 6.07) is 0. The standard InChI is InChI=1S/C16H33N3O/c1-7-16(6)15(20)19(11-10-18(8-2)9-3)14(17-16)12-13(4)5/h13-14,17H,7-12H2,1-6H3. The van der Waals surface area contributed by atoms with Crippen molar-refractivity contribution in [1.82, 2.24) is 15.1 Å². The molecule has 1 aliphatic rings. The number of nitrogens with zero attached hydrogens (tertiary/aromatic N) is 2. The lowest BCUT2D eigenvalue weighted by molar-refractivity contribution is -0.133. The lowest BCUT2D eigenvalue weighted by Crippen LogP contribution is -2.44. The molecule has 1 N–H and O–H groups in total. The third-order valence-corrected chi connectivity index (χ3v) is 4.55. The summed E-state index contributed by atoms with van der Waals surface area (Å²) < 4.78 is 0. The van der Waals surface area contributed by atoms with E-state index < -0.39 is 0 Å². The third-order valence-electron chi connectivity index (χ3n) is 4.55. The van der Waals surface area contributed by atoms with Gasteiger partial charge in [0.25, 0.3) is 0 Å². The number of hydrogen-bond acceptors (Lipinski definition) is 3. The highest BCUT2D eigenvalue weighted by Crippen LogP contribution is 2.26. The molecule has 0 bridgehead atoms. The fourth-order valence-corrected chi connectivity index (χ4v) is 2.90. The monoisotopic (exact) mass is 283 g/mol. The van der Waals surface area contributed by atoms with Gasteiger partial charge in [0, 0.05) is 13.1 Å². The van der Waals surface area contributed by atoms with Crippen molar-refractivity contribution in [3.63, 3.8) is 0 Å². The predicted molar refractivity (Wildman–Crippen MR) is 84.6 cm³/mol. The molecule has 4 heteroatoms. The lowest BCUT2D eigenvalue weighted by Gasteiger charge is -2.28. The molecule has 1 heterocycles. The van der Waals surface area contributed by atoms with E-state index >= 15 is 0 Å². The van der Waals surface area contributed by atoms with Crippen LogP contribution in [0.2, 0.25) is 0 Å². The molecule has 0 saturated carbocycles. The Kier molecular flexibility index (Phi) is 6.46. The number of hydrogen-bond donors (Lipinski definition) is 1. The Labute approximate surface area is 124 Å². The SMILES string of the molecule is CCN(CC)CCN1C(=O)C(C)(CC)NC1CC(C)C. The second-order valence-corrected chi connectivity index (χ2v) is 6.50. The molecule has 1 rings (SSSR count). The van der Waals surface area contributed by atoms with Crippen molar-refractivity contribution in [3.8, 4) is 0 Å². The molecule has 0 radical (unpaired) electrons. The van der Waals surface area contributed by atoms with Gasteiger partial charge in [-0.05, 0) is 38.8 Å². The highest BCUT2D eigenvalue weighted by molar-refractivity contribution is 5.88. The maximum atomic E-state index is 12.7. The van der Waals surface area contributed by atoms with E-state index in [0.717, 1.165) is 39.0 Å². The van der Waals surface area contributed by atoms with Crippen LogP contribution in [0.25, 0.3) is 0 Å². The molecular weight excluding hydrogens is 250 g/mol. The van der Waals surface area contributed by atoms with E-state index in [1.807, 2.05) is 6.92 Å². The summed E-state index contributed by atoms with van der Waals surface area (Å²) in [7, 11) is 0. The lowest BCUT2D eigenvalue weighted by atomic mass is 9.99. The van der Waals surface area contributed by atoms with Gasteiger partial charge in [-0.25, -0.2) is 0 Å². The van der Waals surface area contributed by atoms with Crippen LogP contribution in [0, 0.1) is 5.92 Å². The van der Waals surface area contributed by atoms with Gasteiger partial charge in [-0.15, -0.1) is 0 Å². The molecule has 0 aromatic heterocycles. The summed E-state index contributed by atoms with van der Waals surface area (Å²) in [6.45, 7) is 16.8. The number of nitrogens with one attached hydrogen (secondary N) is 1. The van der Waals surface area contributed by atoms with E-state index in [0.29, 0.717) is 5.92 Å². The van der Waals surface area contributed by atoms with Crippen LogP contribution in [0.15, 0.2) is 0 Å².